The fourth-order valence-corrected chi connectivity index (χ4v) is 3.70. The Balaban J connectivity index is 1.75. The van der Waals surface area contributed by atoms with Gasteiger partial charge in [0.1, 0.15) is 5.84 Å². The fourth-order valence-electron chi connectivity index (χ4n) is 2.76. The minimum atomic E-state index is -3.31. The number of sulfone groups is 1. The molecule has 0 saturated heterocycles. The van der Waals surface area contributed by atoms with Crippen LogP contribution in [0.5, 0.6) is 0 Å². The van der Waals surface area contributed by atoms with Gasteiger partial charge in [-0.05, 0) is 18.2 Å². The number of nitrogens with one attached hydrogen (secondary N) is 2. The molecule has 2 heterocycles. The van der Waals surface area contributed by atoms with Crippen LogP contribution in [0.2, 0.25) is 5.02 Å². The minimum absolute atomic E-state index is 0.170. The summed E-state index contributed by atoms with van der Waals surface area (Å²) < 4.78 is 23.3. The lowest BCUT2D eigenvalue weighted by molar-refractivity contribution is 0.373. The summed E-state index contributed by atoms with van der Waals surface area (Å²) in [4.78, 5) is 6.48. The summed E-state index contributed by atoms with van der Waals surface area (Å²) in [5.74, 6) is 0.658. The second-order valence-corrected chi connectivity index (χ2v) is 8.62. The highest BCUT2D eigenvalue weighted by Gasteiger charge is 2.20. The van der Waals surface area contributed by atoms with Gasteiger partial charge in [-0.1, -0.05) is 11.6 Å². The van der Waals surface area contributed by atoms with Gasteiger partial charge in [-0.3, -0.25) is 0 Å². The lowest BCUT2D eigenvalue weighted by Crippen LogP contribution is -2.33. The molecular weight excluding hydrogens is 388 g/mol. The first kappa shape index (κ1) is 19.3. The first-order valence-corrected chi connectivity index (χ1v) is 10.4. The van der Waals surface area contributed by atoms with Gasteiger partial charge in [-0.15, -0.1) is 0 Å². The van der Waals surface area contributed by atoms with Crippen molar-refractivity contribution >= 4 is 33.0 Å². The first-order valence-electron chi connectivity index (χ1n) is 8.14. The van der Waals surface area contributed by atoms with Gasteiger partial charge in [0.2, 0.25) is 0 Å². The Morgan fingerprint density at radius 3 is 2.81 bits per heavy atom. The monoisotopic (exact) mass is 408 g/mol. The van der Waals surface area contributed by atoms with E-state index in [0.717, 1.165) is 17.5 Å². The minimum Gasteiger partial charge on any atom is -0.403 e. The average Bonchev–Trinajstić information content (AvgIpc) is 3.03. The molecule has 0 fully saturated rings. The van der Waals surface area contributed by atoms with Gasteiger partial charge in [0, 0.05) is 50.2 Å². The number of aliphatic imine (C=N–C) groups is 1. The van der Waals surface area contributed by atoms with Crippen LogP contribution in [0, 0.1) is 0 Å². The second-order valence-electron chi connectivity index (χ2n) is 6.19. The molecule has 144 valence electrons. The number of nitrogens with two attached hydrogens (primary N) is 1. The number of anilines is 1. The van der Waals surface area contributed by atoms with E-state index in [9.17, 15) is 8.42 Å². The number of benzene rings is 1. The Bertz CT molecular complexity index is 968. The van der Waals surface area contributed by atoms with E-state index >= 15 is 0 Å². The SMILES string of the molecule is CN1C=C(/C(=C/N)N2C=CN=C(Nc3ccc(S(C)(=O)=O)cc3Cl)C2)CN1. The van der Waals surface area contributed by atoms with Gasteiger partial charge in [0.05, 0.1) is 27.8 Å². The first-order chi connectivity index (χ1) is 12.8. The molecule has 1 aromatic carbocycles. The van der Waals surface area contributed by atoms with E-state index in [1.165, 1.54) is 12.1 Å². The highest BCUT2D eigenvalue weighted by molar-refractivity contribution is 7.90. The molecule has 10 heteroatoms. The molecule has 3 rings (SSSR count). The maximum atomic E-state index is 11.6. The number of hydrazine groups is 1. The van der Waals surface area contributed by atoms with Crippen molar-refractivity contribution < 1.29 is 8.42 Å². The number of rotatable bonds is 4. The van der Waals surface area contributed by atoms with Gasteiger partial charge >= 0.3 is 0 Å². The molecule has 0 unspecified atom stereocenters. The van der Waals surface area contributed by atoms with Gasteiger partial charge in [0.25, 0.3) is 0 Å². The smallest absolute Gasteiger partial charge is 0.175 e. The van der Waals surface area contributed by atoms with E-state index in [0.29, 0.717) is 29.6 Å². The zero-order chi connectivity index (χ0) is 19.6. The van der Waals surface area contributed by atoms with Crippen molar-refractivity contribution in [2.75, 3.05) is 31.7 Å². The zero-order valence-electron chi connectivity index (χ0n) is 15.0. The Morgan fingerprint density at radius 2 is 2.22 bits per heavy atom. The van der Waals surface area contributed by atoms with Crippen molar-refractivity contribution in [3.63, 3.8) is 0 Å². The van der Waals surface area contributed by atoms with Crippen molar-refractivity contribution in [3.8, 4) is 0 Å². The van der Waals surface area contributed by atoms with E-state index in [1.54, 1.807) is 18.5 Å². The van der Waals surface area contributed by atoms with Crippen LogP contribution < -0.4 is 16.5 Å². The number of nitrogens with zero attached hydrogens (tertiary/aromatic N) is 3. The molecule has 2 aliphatic heterocycles. The predicted octanol–water partition coefficient (Wildman–Crippen LogP) is 1.47. The molecule has 0 radical (unpaired) electrons. The number of amidine groups is 1. The van der Waals surface area contributed by atoms with Crippen LogP contribution in [-0.2, 0) is 9.84 Å². The van der Waals surface area contributed by atoms with Gasteiger partial charge < -0.3 is 21.0 Å². The van der Waals surface area contributed by atoms with Crippen molar-refractivity contribution in [2.45, 2.75) is 4.90 Å². The number of hydrogen-bond acceptors (Lipinski definition) is 8. The highest BCUT2D eigenvalue weighted by atomic mass is 35.5. The largest absolute Gasteiger partial charge is 0.403 e. The lowest BCUT2D eigenvalue weighted by Gasteiger charge is -2.27. The van der Waals surface area contributed by atoms with Crippen molar-refractivity contribution in [1.82, 2.24) is 15.3 Å². The van der Waals surface area contributed by atoms with E-state index in [4.69, 9.17) is 17.3 Å². The maximum Gasteiger partial charge on any atom is 0.175 e. The van der Waals surface area contributed by atoms with E-state index < -0.39 is 9.84 Å². The molecule has 0 bridgehead atoms. The van der Waals surface area contributed by atoms with Crippen molar-refractivity contribution in [1.29, 1.82) is 0 Å². The summed E-state index contributed by atoms with van der Waals surface area (Å²) in [6, 6.07) is 4.56. The Hall–Kier alpha value is -2.49. The van der Waals surface area contributed by atoms with Crippen LogP contribution in [0.25, 0.3) is 0 Å². The second kappa shape index (κ2) is 7.63. The molecule has 4 N–H and O–H groups in total. The van der Waals surface area contributed by atoms with Crippen LogP contribution in [0.4, 0.5) is 5.69 Å². The Morgan fingerprint density at radius 1 is 1.44 bits per heavy atom. The molecule has 0 saturated carbocycles. The standard InChI is InChI=1S/C17H21ClN6O2S/c1-23-10-12(9-21-23)16(8-19)24-6-5-20-17(11-24)22-15-4-3-13(7-14(15)18)27(2,25)26/h3-8,10,21H,9,11,19H2,1-2H3,(H,20,22)/b16-8-. The molecule has 27 heavy (non-hydrogen) atoms. The van der Waals surface area contributed by atoms with Crippen LogP contribution in [0.1, 0.15) is 0 Å². The third-order valence-corrected chi connectivity index (χ3v) is 5.53. The summed E-state index contributed by atoms with van der Waals surface area (Å²) in [7, 11) is -1.39. The Kier molecular flexibility index (Phi) is 5.45. The molecule has 0 atom stereocenters. The summed E-state index contributed by atoms with van der Waals surface area (Å²) in [5, 5.41) is 5.34. The molecule has 2 aliphatic rings. The molecular formula is C17H21ClN6O2S. The van der Waals surface area contributed by atoms with E-state index in [-0.39, 0.29) is 4.90 Å². The normalized spacial score (nSPS) is 17.8. The van der Waals surface area contributed by atoms with E-state index in [2.05, 4.69) is 15.7 Å². The molecule has 0 amide bonds. The van der Waals surface area contributed by atoms with Gasteiger partial charge in [-0.2, -0.15) is 0 Å². The Labute approximate surface area is 163 Å². The van der Waals surface area contributed by atoms with Gasteiger partial charge in [-0.25, -0.2) is 18.8 Å². The summed E-state index contributed by atoms with van der Waals surface area (Å²) in [6.07, 6.45) is 8.20. The van der Waals surface area contributed by atoms with Crippen molar-refractivity contribution in [3.05, 3.63) is 59.3 Å². The quantitative estimate of drug-likeness (QED) is 0.693. The van der Waals surface area contributed by atoms with Crippen LogP contribution in [0.3, 0.4) is 0 Å². The highest BCUT2D eigenvalue weighted by Crippen LogP contribution is 2.26. The fraction of sp³-hybridized carbons (Fsp3) is 0.235. The number of halogens is 1. The number of hydrogen-bond donors (Lipinski definition) is 3. The topological polar surface area (TPSA) is 103 Å². The maximum absolute atomic E-state index is 11.6. The van der Waals surface area contributed by atoms with E-state index in [1.807, 2.05) is 29.4 Å². The summed E-state index contributed by atoms with van der Waals surface area (Å²) >= 11 is 6.23. The third kappa shape index (κ3) is 4.44. The van der Waals surface area contributed by atoms with Crippen LogP contribution >= 0.6 is 11.6 Å². The summed E-state index contributed by atoms with van der Waals surface area (Å²) in [6.45, 7) is 1.15. The lowest BCUT2D eigenvalue weighted by atomic mass is 10.2. The van der Waals surface area contributed by atoms with Crippen LogP contribution in [0.15, 0.2) is 64.2 Å². The van der Waals surface area contributed by atoms with Crippen LogP contribution in [-0.4, -0.2) is 50.6 Å². The molecule has 8 nitrogen and oxygen atoms in total. The summed E-state index contributed by atoms with van der Waals surface area (Å²) in [5.41, 5.74) is 11.5. The van der Waals surface area contributed by atoms with Gasteiger partial charge in [0.15, 0.2) is 9.84 Å². The molecule has 1 aromatic rings. The van der Waals surface area contributed by atoms with Crippen molar-refractivity contribution in [2.24, 2.45) is 10.7 Å². The molecule has 0 spiro atoms. The predicted molar refractivity (Wildman–Crippen MR) is 108 cm³/mol. The zero-order valence-corrected chi connectivity index (χ0v) is 16.5. The molecule has 0 aliphatic carbocycles. The third-order valence-electron chi connectivity index (χ3n) is 4.11. The molecule has 0 aromatic heterocycles. The average molecular weight is 409 g/mol.